The third-order valence-corrected chi connectivity index (χ3v) is 4.83. The van der Waals surface area contributed by atoms with Crippen LogP contribution in [-0.2, 0) is 6.18 Å². The van der Waals surface area contributed by atoms with E-state index < -0.39 is 34.4 Å². The van der Waals surface area contributed by atoms with E-state index in [1.165, 1.54) is 32.3 Å². The molecule has 0 fully saturated rings. The molecule has 0 aliphatic rings. The van der Waals surface area contributed by atoms with Crippen LogP contribution in [0.4, 0.5) is 26.3 Å². The molecular formula is C22H21ClF6N2O2. The average Bonchev–Trinajstić information content (AvgIpc) is 2.69. The molecule has 0 radical (unpaired) electrons. The van der Waals surface area contributed by atoms with Gasteiger partial charge in [0.2, 0.25) is 0 Å². The van der Waals surface area contributed by atoms with Gasteiger partial charge in [0.25, 0.3) is 0 Å². The third-order valence-electron chi connectivity index (χ3n) is 4.50. The second-order valence-electron chi connectivity index (χ2n) is 7.11. The minimum atomic E-state index is -4.78. The molecule has 0 aliphatic heterocycles. The van der Waals surface area contributed by atoms with Gasteiger partial charge in [0.05, 0.1) is 16.1 Å². The molecular weight excluding hydrogens is 474 g/mol. The summed E-state index contributed by atoms with van der Waals surface area (Å²) in [6.07, 6.45) is -8.76. The Morgan fingerprint density at radius 3 is 2.30 bits per heavy atom. The highest BCUT2D eigenvalue weighted by Crippen LogP contribution is 2.45. The van der Waals surface area contributed by atoms with Gasteiger partial charge >= 0.3 is 12.4 Å². The van der Waals surface area contributed by atoms with Gasteiger partial charge in [-0.2, -0.15) is 26.3 Å². The molecule has 0 aliphatic carbocycles. The van der Waals surface area contributed by atoms with Crippen LogP contribution in [0, 0.1) is 0 Å². The smallest absolute Gasteiger partial charge is 0.431 e. The maximum atomic E-state index is 13.4. The molecule has 0 spiro atoms. The van der Waals surface area contributed by atoms with Crippen LogP contribution in [0.2, 0.25) is 5.02 Å². The maximum absolute atomic E-state index is 13.4. The number of hydrogen-bond acceptors (Lipinski definition) is 4. The SMILES string of the molecule is C=C(/C=C(\N(C)C)C(F)(F)F)c1ccc(OCCN)c(-c2ccc(Cl)c(C(F)(F)F)c2)c1O. The fourth-order valence-corrected chi connectivity index (χ4v) is 3.23. The molecule has 2 rings (SSSR count). The Balaban J connectivity index is 2.73. The zero-order valence-corrected chi connectivity index (χ0v) is 18.4. The number of ether oxygens (including phenoxy) is 1. The van der Waals surface area contributed by atoms with Gasteiger partial charge in [0.15, 0.2) is 0 Å². The van der Waals surface area contributed by atoms with Crippen LogP contribution in [0.5, 0.6) is 11.5 Å². The van der Waals surface area contributed by atoms with Crippen molar-refractivity contribution in [1.82, 2.24) is 4.90 Å². The number of alkyl halides is 6. The van der Waals surface area contributed by atoms with Crippen molar-refractivity contribution in [2.75, 3.05) is 27.2 Å². The van der Waals surface area contributed by atoms with E-state index in [0.29, 0.717) is 0 Å². The zero-order chi connectivity index (χ0) is 25.1. The summed E-state index contributed by atoms with van der Waals surface area (Å²) in [7, 11) is 2.38. The summed E-state index contributed by atoms with van der Waals surface area (Å²) >= 11 is 5.68. The fourth-order valence-electron chi connectivity index (χ4n) is 3.01. The number of allylic oxidation sites excluding steroid dienone is 3. The van der Waals surface area contributed by atoms with Crippen LogP contribution in [0.3, 0.4) is 0 Å². The van der Waals surface area contributed by atoms with Gasteiger partial charge in [-0.1, -0.05) is 24.2 Å². The molecule has 180 valence electrons. The molecule has 0 unspecified atom stereocenters. The summed E-state index contributed by atoms with van der Waals surface area (Å²) in [5, 5.41) is 10.3. The van der Waals surface area contributed by atoms with Crippen molar-refractivity contribution in [3.63, 3.8) is 0 Å². The summed E-state index contributed by atoms with van der Waals surface area (Å²) in [6.45, 7) is 3.64. The Bertz CT molecular complexity index is 1060. The number of hydrogen-bond donors (Lipinski definition) is 2. The Hall–Kier alpha value is -2.85. The van der Waals surface area contributed by atoms with Crippen molar-refractivity contribution in [2.45, 2.75) is 12.4 Å². The minimum Gasteiger partial charge on any atom is -0.507 e. The van der Waals surface area contributed by atoms with Crippen molar-refractivity contribution >= 4 is 17.2 Å². The van der Waals surface area contributed by atoms with E-state index in [-0.39, 0.29) is 41.2 Å². The number of rotatable bonds is 7. The number of nitrogens with two attached hydrogens (primary N) is 1. The van der Waals surface area contributed by atoms with Gasteiger partial charge in [0, 0.05) is 26.2 Å². The predicted octanol–water partition coefficient (Wildman–Crippen LogP) is 6.09. The van der Waals surface area contributed by atoms with Crippen molar-refractivity contribution in [3.05, 3.63) is 64.8 Å². The number of nitrogens with zero attached hydrogens (tertiary/aromatic N) is 1. The summed E-state index contributed by atoms with van der Waals surface area (Å²) in [4.78, 5) is 0.830. The van der Waals surface area contributed by atoms with Crippen LogP contribution in [0.25, 0.3) is 16.7 Å². The van der Waals surface area contributed by atoms with E-state index in [1.54, 1.807) is 0 Å². The molecule has 4 nitrogen and oxygen atoms in total. The molecule has 0 bridgehead atoms. The summed E-state index contributed by atoms with van der Waals surface area (Å²) in [6, 6.07) is 5.51. The first-order valence-corrected chi connectivity index (χ1v) is 9.77. The van der Waals surface area contributed by atoms with E-state index in [1.807, 2.05) is 0 Å². The lowest BCUT2D eigenvalue weighted by Crippen LogP contribution is -2.25. The number of phenols is 1. The molecule has 3 N–H and O–H groups in total. The van der Waals surface area contributed by atoms with E-state index in [4.69, 9.17) is 22.1 Å². The molecule has 33 heavy (non-hydrogen) atoms. The second-order valence-corrected chi connectivity index (χ2v) is 7.52. The van der Waals surface area contributed by atoms with Crippen molar-refractivity contribution < 1.29 is 36.2 Å². The Morgan fingerprint density at radius 1 is 1.15 bits per heavy atom. The van der Waals surface area contributed by atoms with Crippen LogP contribution < -0.4 is 10.5 Å². The second kappa shape index (κ2) is 9.96. The van der Waals surface area contributed by atoms with E-state index >= 15 is 0 Å². The lowest BCUT2D eigenvalue weighted by Gasteiger charge is -2.21. The Kier molecular flexibility index (Phi) is 7.97. The highest BCUT2D eigenvalue weighted by molar-refractivity contribution is 6.31. The van der Waals surface area contributed by atoms with Gasteiger partial charge in [-0.05, 0) is 41.5 Å². The standard InChI is InChI=1S/C22H21ClF6N2O2/c1-12(10-18(31(2)3)22(27,28)29)14-5-7-17(33-9-8-30)19(20(14)32)13-4-6-16(23)15(11-13)21(24,25)26/h4-7,10-11,32H,1,8-9,30H2,2-3H3/b18-10-. The molecule has 0 amide bonds. The van der Waals surface area contributed by atoms with Gasteiger partial charge < -0.3 is 20.5 Å². The predicted molar refractivity (Wildman–Crippen MR) is 115 cm³/mol. The van der Waals surface area contributed by atoms with Crippen molar-refractivity contribution in [3.8, 4) is 22.6 Å². The number of phenolic OH excluding ortho intramolecular Hbond substituents is 1. The number of halogens is 7. The van der Waals surface area contributed by atoms with Gasteiger partial charge in [-0.25, -0.2) is 0 Å². The molecule has 11 heteroatoms. The lowest BCUT2D eigenvalue weighted by molar-refractivity contribution is -0.137. The average molecular weight is 495 g/mol. The van der Waals surface area contributed by atoms with Crippen LogP contribution in [0.1, 0.15) is 11.1 Å². The summed E-state index contributed by atoms with van der Waals surface area (Å²) < 4.78 is 85.5. The molecule has 0 heterocycles. The van der Waals surface area contributed by atoms with Crippen molar-refractivity contribution in [1.29, 1.82) is 0 Å². The van der Waals surface area contributed by atoms with Crippen molar-refractivity contribution in [2.24, 2.45) is 5.73 Å². The quantitative estimate of drug-likeness (QED) is 0.361. The van der Waals surface area contributed by atoms with E-state index in [2.05, 4.69) is 6.58 Å². The highest BCUT2D eigenvalue weighted by atomic mass is 35.5. The number of aromatic hydroxyl groups is 1. The summed E-state index contributed by atoms with van der Waals surface area (Å²) in [5.41, 5.74) is 2.60. The molecule has 0 aromatic heterocycles. The Morgan fingerprint density at radius 2 is 1.79 bits per heavy atom. The number of benzene rings is 2. The monoisotopic (exact) mass is 494 g/mol. The minimum absolute atomic E-state index is 0.0161. The molecule has 2 aromatic carbocycles. The van der Waals surface area contributed by atoms with Crippen LogP contribution >= 0.6 is 11.6 Å². The van der Waals surface area contributed by atoms with Gasteiger partial charge in [-0.3, -0.25) is 0 Å². The van der Waals surface area contributed by atoms with Gasteiger partial charge in [0.1, 0.15) is 23.8 Å². The molecule has 2 aromatic rings. The summed E-state index contributed by atoms with van der Waals surface area (Å²) in [5.74, 6) is -0.626. The van der Waals surface area contributed by atoms with Crippen LogP contribution in [-0.4, -0.2) is 43.4 Å². The highest BCUT2D eigenvalue weighted by Gasteiger charge is 2.36. The third kappa shape index (κ3) is 6.14. The van der Waals surface area contributed by atoms with E-state index in [0.717, 1.165) is 23.1 Å². The molecule has 0 atom stereocenters. The zero-order valence-electron chi connectivity index (χ0n) is 17.6. The first-order chi connectivity index (χ1) is 15.2. The van der Waals surface area contributed by atoms with E-state index in [9.17, 15) is 31.4 Å². The maximum Gasteiger partial charge on any atom is 0.431 e. The largest absolute Gasteiger partial charge is 0.507 e. The van der Waals surface area contributed by atoms with Gasteiger partial charge in [-0.15, -0.1) is 0 Å². The first-order valence-electron chi connectivity index (χ1n) is 9.40. The van der Waals surface area contributed by atoms with Crippen LogP contribution in [0.15, 0.2) is 48.7 Å². The first kappa shape index (κ1) is 26.4. The normalized spacial score (nSPS) is 12.6. The lowest BCUT2D eigenvalue weighted by atomic mass is 9.95. The Labute approximate surface area is 191 Å². The fraction of sp³-hybridized carbons (Fsp3) is 0.273. The topological polar surface area (TPSA) is 58.7 Å². The molecule has 0 saturated heterocycles. The molecule has 0 saturated carbocycles.